The number of amides is 1. The number of halogens is 1. The van der Waals surface area contributed by atoms with E-state index in [0.29, 0.717) is 37.0 Å². The molecular formula is C23H25ClN4O4S. The summed E-state index contributed by atoms with van der Waals surface area (Å²) in [5.41, 5.74) is 1.70. The highest BCUT2D eigenvalue weighted by Crippen LogP contribution is 2.24. The molecule has 2 N–H and O–H groups in total. The topological polar surface area (TPSA) is 101 Å². The molecule has 0 spiro atoms. The lowest BCUT2D eigenvalue weighted by Gasteiger charge is -2.15. The first-order valence-electron chi connectivity index (χ1n) is 10.7. The van der Waals surface area contributed by atoms with Gasteiger partial charge in [0.2, 0.25) is 10.0 Å². The summed E-state index contributed by atoms with van der Waals surface area (Å²) in [6.45, 7) is 1.89. The number of nitrogens with zero attached hydrogens (tertiary/aromatic N) is 2. The molecule has 0 unspecified atom stereocenters. The van der Waals surface area contributed by atoms with Crippen molar-refractivity contribution in [2.75, 3.05) is 38.1 Å². The molecule has 1 saturated heterocycles. The summed E-state index contributed by atoms with van der Waals surface area (Å²) < 4.78 is 32.1. The molecule has 3 aromatic rings. The molecule has 33 heavy (non-hydrogen) atoms. The van der Waals surface area contributed by atoms with Crippen LogP contribution in [0.5, 0.6) is 5.75 Å². The molecule has 2 aromatic carbocycles. The molecule has 1 aliphatic heterocycles. The van der Waals surface area contributed by atoms with Gasteiger partial charge in [0.05, 0.1) is 10.4 Å². The van der Waals surface area contributed by atoms with Crippen molar-refractivity contribution in [1.29, 1.82) is 0 Å². The Labute approximate surface area is 198 Å². The van der Waals surface area contributed by atoms with Crippen molar-refractivity contribution in [3.05, 3.63) is 59.8 Å². The monoisotopic (exact) mass is 488 g/mol. The summed E-state index contributed by atoms with van der Waals surface area (Å²) >= 11 is 6.01. The van der Waals surface area contributed by atoms with Gasteiger partial charge in [-0.2, -0.15) is 4.31 Å². The smallest absolute Gasteiger partial charge is 0.258 e. The van der Waals surface area contributed by atoms with Gasteiger partial charge < -0.3 is 15.4 Å². The maximum absolute atomic E-state index is 12.6. The summed E-state index contributed by atoms with van der Waals surface area (Å²) in [5.74, 6) is 0.169. The van der Waals surface area contributed by atoms with Crippen LogP contribution in [0.4, 0.5) is 5.69 Å². The van der Waals surface area contributed by atoms with Gasteiger partial charge in [-0.05, 0) is 61.4 Å². The van der Waals surface area contributed by atoms with Gasteiger partial charge in [0.25, 0.3) is 5.91 Å². The molecule has 4 rings (SSSR count). The summed E-state index contributed by atoms with van der Waals surface area (Å²) in [5, 5.41) is 7.65. The summed E-state index contributed by atoms with van der Waals surface area (Å²) in [7, 11) is -3.46. The van der Waals surface area contributed by atoms with Crippen molar-refractivity contribution in [1.82, 2.24) is 14.6 Å². The highest BCUT2D eigenvalue weighted by Gasteiger charge is 2.26. The third-order valence-corrected chi connectivity index (χ3v) is 7.51. The van der Waals surface area contributed by atoms with Gasteiger partial charge >= 0.3 is 0 Å². The average Bonchev–Trinajstić information content (AvgIpc) is 3.37. The van der Waals surface area contributed by atoms with Crippen LogP contribution in [-0.2, 0) is 14.8 Å². The zero-order valence-electron chi connectivity index (χ0n) is 18.0. The zero-order valence-corrected chi connectivity index (χ0v) is 19.5. The van der Waals surface area contributed by atoms with Crippen molar-refractivity contribution < 1.29 is 17.9 Å². The van der Waals surface area contributed by atoms with Crippen molar-refractivity contribution in [2.45, 2.75) is 17.7 Å². The molecule has 0 saturated carbocycles. The van der Waals surface area contributed by atoms with Gasteiger partial charge in [0, 0.05) is 48.5 Å². The lowest BCUT2D eigenvalue weighted by atomic mass is 10.2. The number of fused-ring (bicyclic) bond motifs is 1. The first-order valence-corrected chi connectivity index (χ1v) is 12.5. The molecule has 0 aliphatic carbocycles. The third-order valence-electron chi connectivity index (χ3n) is 5.36. The van der Waals surface area contributed by atoms with Crippen molar-refractivity contribution in [3.63, 3.8) is 0 Å². The lowest BCUT2D eigenvalue weighted by Crippen LogP contribution is -2.32. The molecule has 0 radical (unpaired) electrons. The van der Waals surface area contributed by atoms with Crippen molar-refractivity contribution in [2.24, 2.45) is 0 Å². The van der Waals surface area contributed by atoms with Crippen LogP contribution in [0.1, 0.15) is 12.8 Å². The van der Waals surface area contributed by atoms with E-state index in [4.69, 9.17) is 16.3 Å². The number of ether oxygens (including phenoxy) is 1. The molecule has 1 aliphatic rings. The van der Waals surface area contributed by atoms with Crippen LogP contribution in [0, 0.1) is 0 Å². The summed E-state index contributed by atoms with van der Waals surface area (Å²) in [6, 6.07) is 13.5. The second-order valence-electron chi connectivity index (χ2n) is 7.67. The summed E-state index contributed by atoms with van der Waals surface area (Å²) in [4.78, 5) is 16.6. The number of hydrogen-bond donors (Lipinski definition) is 2. The second-order valence-corrected chi connectivity index (χ2v) is 10.0. The zero-order chi connectivity index (χ0) is 23.3. The standard InChI is InChI=1S/C23H25ClN4O4S/c24-17-3-8-20-21(9-10-25-22(20)15-17)26-11-12-27-23(29)16-32-18-4-6-19(7-5-18)33(30,31)28-13-1-2-14-28/h3-10,15H,1-2,11-14,16H2,(H,25,26)(H,27,29). The Kier molecular flexibility index (Phi) is 7.32. The second kappa shape index (κ2) is 10.4. The Bertz CT molecular complexity index is 1230. The summed E-state index contributed by atoms with van der Waals surface area (Å²) in [6.07, 6.45) is 3.48. The van der Waals surface area contributed by atoms with E-state index in [1.54, 1.807) is 24.4 Å². The number of carbonyl (C=O) groups excluding carboxylic acids is 1. The maximum Gasteiger partial charge on any atom is 0.258 e. The van der Waals surface area contributed by atoms with Crippen LogP contribution in [0.3, 0.4) is 0 Å². The molecule has 174 valence electrons. The van der Waals surface area contributed by atoms with Gasteiger partial charge in [0.1, 0.15) is 5.75 Å². The average molecular weight is 489 g/mol. The van der Waals surface area contributed by atoms with Crippen molar-refractivity contribution in [3.8, 4) is 5.75 Å². The number of sulfonamides is 1. The fourth-order valence-electron chi connectivity index (χ4n) is 3.66. The minimum absolute atomic E-state index is 0.158. The highest BCUT2D eigenvalue weighted by atomic mass is 35.5. The van der Waals surface area contributed by atoms with E-state index in [0.717, 1.165) is 29.4 Å². The first kappa shape index (κ1) is 23.3. The van der Waals surface area contributed by atoms with Gasteiger partial charge in [0.15, 0.2) is 6.61 Å². The van der Waals surface area contributed by atoms with E-state index in [-0.39, 0.29) is 17.4 Å². The first-order chi connectivity index (χ1) is 15.9. The minimum Gasteiger partial charge on any atom is -0.484 e. The van der Waals surface area contributed by atoms with E-state index in [2.05, 4.69) is 15.6 Å². The van der Waals surface area contributed by atoms with E-state index >= 15 is 0 Å². The highest BCUT2D eigenvalue weighted by molar-refractivity contribution is 7.89. The Morgan fingerprint density at radius 3 is 2.58 bits per heavy atom. The number of hydrogen-bond acceptors (Lipinski definition) is 6. The quantitative estimate of drug-likeness (QED) is 0.448. The van der Waals surface area contributed by atoms with Gasteiger partial charge in [-0.1, -0.05) is 11.6 Å². The van der Waals surface area contributed by atoms with E-state index in [9.17, 15) is 13.2 Å². The van der Waals surface area contributed by atoms with Crippen LogP contribution >= 0.6 is 11.6 Å². The Hall–Kier alpha value is -2.88. The molecule has 2 heterocycles. The molecular weight excluding hydrogens is 464 g/mol. The molecule has 1 aromatic heterocycles. The maximum atomic E-state index is 12.6. The number of carbonyl (C=O) groups is 1. The molecule has 0 bridgehead atoms. The van der Waals surface area contributed by atoms with E-state index in [1.165, 1.54) is 16.4 Å². The molecule has 0 atom stereocenters. The van der Waals surface area contributed by atoms with Crippen LogP contribution in [0.2, 0.25) is 5.02 Å². The van der Waals surface area contributed by atoms with E-state index < -0.39 is 10.0 Å². The molecule has 1 fully saturated rings. The number of pyridine rings is 1. The van der Waals surface area contributed by atoms with Crippen molar-refractivity contribution >= 4 is 44.1 Å². The van der Waals surface area contributed by atoms with Gasteiger partial charge in [-0.3, -0.25) is 9.78 Å². The Morgan fingerprint density at radius 1 is 1.06 bits per heavy atom. The van der Waals surface area contributed by atoms with Crippen LogP contribution < -0.4 is 15.4 Å². The number of anilines is 1. The Balaban J connectivity index is 1.22. The van der Waals surface area contributed by atoms with E-state index in [1.807, 2.05) is 18.2 Å². The number of benzene rings is 2. The number of nitrogens with one attached hydrogen (secondary N) is 2. The van der Waals surface area contributed by atoms with Gasteiger partial charge in [-0.15, -0.1) is 0 Å². The van der Waals surface area contributed by atoms with Crippen LogP contribution in [-0.4, -0.2) is 56.4 Å². The Morgan fingerprint density at radius 2 is 1.82 bits per heavy atom. The predicted octanol–water partition coefficient (Wildman–Crippen LogP) is 3.28. The molecule has 1 amide bonds. The molecule has 8 nitrogen and oxygen atoms in total. The largest absolute Gasteiger partial charge is 0.484 e. The SMILES string of the molecule is O=C(COc1ccc(S(=O)(=O)N2CCCC2)cc1)NCCNc1ccnc2cc(Cl)ccc12. The van der Waals surface area contributed by atoms with Crippen LogP contribution in [0.25, 0.3) is 10.9 Å². The number of aromatic nitrogens is 1. The third kappa shape index (κ3) is 5.73. The fourth-order valence-corrected chi connectivity index (χ4v) is 5.34. The fraction of sp³-hybridized carbons (Fsp3) is 0.304. The van der Waals surface area contributed by atoms with Gasteiger partial charge in [-0.25, -0.2) is 8.42 Å². The predicted molar refractivity (Wildman–Crippen MR) is 128 cm³/mol. The normalized spacial score (nSPS) is 14.3. The minimum atomic E-state index is -3.46. The lowest BCUT2D eigenvalue weighted by molar-refractivity contribution is -0.123. The molecule has 10 heteroatoms. The number of rotatable bonds is 9. The van der Waals surface area contributed by atoms with Crippen LogP contribution in [0.15, 0.2) is 59.6 Å².